The van der Waals surface area contributed by atoms with E-state index in [1.54, 1.807) is 0 Å². The van der Waals surface area contributed by atoms with Crippen molar-refractivity contribution in [3.63, 3.8) is 0 Å². The summed E-state index contributed by atoms with van der Waals surface area (Å²) in [6.45, 7) is 0.154. The Morgan fingerprint density at radius 2 is 1.96 bits per heavy atom. The van der Waals surface area contributed by atoms with Crippen LogP contribution >= 0.6 is 0 Å². The van der Waals surface area contributed by atoms with E-state index in [2.05, 4.69) is 20.0 Å². The molecule has 1 aliphatic carbocycles. The Labute approximate surface area is 159 Å². The van der Waals surface area contributed by atoms with Gasteiger partial charge in [-0.2, -0.15) is 0 Å². The molecule has 6 nitrogen and oxygen atoms in total. The number of benzene rings is 1. The van der Waals surface area contributed by atoms with Crippen molar-refractivity contribution >= 4 is 5.91 Å². The Morgan fingerprint density at radius 3 is 2.57 bits per heavy atom. The highest BCUT2D eigenvalue weighted by Gasteiger charge is 2.30. The van der Waals surface area contributed by atoms with Gasteiger partial charge in [0.1, 0.15) is 11.6 Å². The van der Waals surface area contributed by atoms with Gasteiger partial charge in [-0.3, -0.25) is 9.59 Å². The minimum absolute atomic E-state index is 0.154. The second-order valence-electron chi connectivity index (χ2n) is 6.72. The summed E-state index contributed by atoms with van der Waals surface area (Å²) < 4.78 is 40.2. The summed E-state index contributed by atoms with van der Waals surface area (Å²) in [6, 6.07) is 6.75. The molecule has 1 heterocycles. The van der Waals surface area contributed by atoms with Crippen LogP contribution in [0.15, 0.2) is 35.1 Å². The number of H-pyrrole nitrogens is 1. The third kappa shape index (κ3) is 5.83. The molecule has 3 rings (SSSR count). The number of amides is 1. The van der Waals surface area contributed by atoms with Crippen LogP contribution in [-0.2, 0) is 17.8 Å². The largest absolute Gasteiger partial charge is 0.573 e. The number of carbonyl (C=O) groups excluding carboxylic acids is 1. The molecule has 2 aromatic rings. The SMILES string of the molecule is O=C(CCc1ccc(OC(F)(F)F)cc1)NCc1cc(=O)[nH]c(C2CCC2)n1. The first-order valence-corrected chi connectivity index (χ1v) is 9.00. The van der Waals surface area contributed by atoms with Crippen LogP contribution in [0, 0.1) is 0 Å². The molecular weight excluding hydrogens is 375 g/mol. The molecule has 0 bridgehead atoms. The summed E-state index contributed by atoms with van der Waals surface area (Å²) in [5.74, 6) is 0.419. The molecule has 1 aromatic carbocycles. The van der Waals surface area contributed by atoms with Crippen molar-refractivity contribution in [3.8, 4) is 5.75 Å². The highest BCUT2D eigenvalue weighted by molar-refractivity contribution is 5.76. The van der Waals surface area contributed by atoms with Crippen LogP contribution in [0.5, 0.6) is 5.75 Å². The maximum absolute atomic E-state index is 12.1. The van der Waals surface area contributed by atoms with E-state index >= 15 is 0 Å². The van der Waals surface area contributed by atoms with Crippen molar-refractivity contribution in [3.05, 3.63) is 57.8 Å². The number of hydrogen-bond acceptors (Lipinski definition) is 4. The molecule has 0 atom stereocenters. The third-order valence-electron chi connectivity index (χ3n) is 4.57. The molecule has 1 saturated carbocycles. The van der Waals surface area contributed by atoms with E-state index in [1.807, 2.05) is 0 Å². The van der Waals surface area contributed by atoms with Crippen molar-refractivity contribution < 1.29 is 22.7 Å². The number of hydrogen-bond donors (Lipinski definition) is 2. The summed E-state index contributed by atoms with van der Waals surface area (Å²) in [6.07, 6.45) is -1.06. The van der Waals surface area contributed by atoms with Crippen LogP contribution in [0.1, 0.15) is 48.7 Å². The monoisotopic (exact) mass is 395 g/mol. The van der Waals surface area contributed by atoms with Gasteiger partial charge in [0.15, 0.2) is 0 Å². The second-order valence-corrected chi connectivity index (χ2v) is 6.72. The first-order chi connectivity index (χ1) is 13.3. The van der Waals surface area contributed by atoms with Gasteiger partial charge < -0.3 is 15.0 Å². The van der Waals surface area contributed by atoms with Gasteiger partial charge in [-0.1, -0.05) is 18.6 Å². The van der Waals surface area contributed by atoms with Crippen LogP contribution < -0.4 is 15.6 Å². The fourth-order valence-electron chi connectivity index (χ4n) is 2.89. The normalized spacial score (nSPS) is 14.4. The number of ether oxygens (including phenoxy) is 1. The Hall–Kier alpha value is -2.84. The van der Waals surface area contributed by atoms with Crippen LogP contribution in [0.3, 0.4) is 0 Å². The maximum Gasteiger partial charge on any atom is 0.573 e. The molecule has 28 heavy (non-hydrogen) atoms. The smallest absolute Gasteiger partial charge is 0.406 e. The van der Waals surface area contributed by atoms with Crippen molar-refractivity contribution in [1.82, 2.24) is 15.3 Å². The lowest BCUT2D eigenvalue weighted by Crippen LogP contribution is -2.26. The molecule has 1 aliphatic rings. The van der Waals surface area contributed by atoms with E-state index in [-0.39, 0.29) is 36.1 Å². The summed E-state index contributed by atoms with van der Waals surface area (Å²) in [5.41, 5.74) is 0.987. The third-order valence-corrected chi connectivity index (χ3v) is 4.57. The molecule has 9 heteroatoms. The fourth-order valence-corrected chi connectivity index (χ4v) is 2.89. The van der Waals surface area contributed by atoms with Crippen LogP contribution in [0.4, 0.5) is 13.2 Å². The number of nitrogens with zero attached hydrogens (tertiary/aromatic N) is 1. The number of halogens is 3. The van der Waals surface area contributed by atoms with Gasteiger partial charge in [0.05, 0.1) is 12.2 Å². The molecular formula is C19H20F3N3O3. The minimum Gasteiger partial charge on any atom is -0.406 e. The van der Waals surface area contributed by atoms with Gasteiger partial charge in [0.25, 0.3) is 5.56 Å². The Kier molecular flexibility index (Phi) is 6.01. The van der Waals surface area contributed by atoms with Crippen LogP contribution in [0.2, 0.25) is 0 Å². The number of carbonyl (C=O) groups is 1. The number of rotatable bonds is 7. The van der Waals surface area contributed by atoms with Crippen molar-refractivity contribution in [2.75, 3.05) is 0 Å². The highest BCUT2D eigenvalue weighted by atomic mass is 19.4. The zero-order chi connectivity index (χ0) is 20.1. The minimum atomic E-state index is -4.73. The predicted octanol–water partition coefficient (Wildman–Crippen LogP) is 3.19. The number of aromatic amines is 1. The van der Waals surface area contributed by atoms with Gasteiger partial charge in [0.2, 0.25) is 5.91 Å². The molecule has 0 aliphatic heterocycles. The van der Waals surface area contributed by atoms with Gasteiger partial charge in [-0.15, -0.1) is 13.2 Å². The van der Waals surface area contributed by atoms with Gasteiger partial charge in [-0.25, -0.2) is 4.98 Å². The van der Waals surface area contributed by atoms with Crippen molar-refractivity contribution in [2.24, 2.45) is 0 Å². The second kappa shape index (κ2) is 8.45. The Bertz CT molecular complexity index is 874. The number of nitrogens with one attached hydrogen (secondary N) is 2. The molecule has 2 N–H and O–H groups in total. The van der Waals surface area contributed by atoms with E-state index < -0.39 is 6.36 Å². The Morgan fingerprint density at radius 1 is 1.25 bits per heavy atom. The lowest BCUT2D eigenvalue weighted by molar-refractivity contribution is -0.274. The number of aryl methyl sites for hydroxylation is 1. The molecule has 150 valence electrons. The molecule has 1 fully saturated rings. The average Bonchev–Trinajstić information content (AvgIpc) is 2.56. The zero-order valence-electron chi connectivity index (χ0n) is 15.0. The van der Waals surface area contributed by atoms with Crippen LogP contribution in [0.25, 0.3) is 0 Å². The summed E-state index contributed by atoms with van der Waals surface area (Å²) in [7, 11) is 0. The van der Waals surface area contributed by atoms with Gasteiger partial charge in [0, 0.05) is 18.4 Å². The molecule has 0 saturated heterocycles. The fraction of sp³-hybridized carbons (Fsp3) is 0.421. The van der Waals surface area contributed by atoms with E-state index in [1.165, 1.54) is 30.3 Å². The Balaban J connectivity index is 1.47. The molecule has 0 spiro atoms. The highest BCUT2D eigenvalue weighted by Crippen LogP contribution is 2.33. The van der Waals surface area contributed by atoms with Gasteiger partial charge in [-0.05, 0) is 37.0 Å². The molecule has 1 amide bonds. The predicted molar refractivity (Wildman–Crippen MR) is 94.7 cm³/mol. The van der Waals surface area contributed by atoms with E-state index in [0.29, 0.717) is 23.5 Å². The maximum atomic E-state index is 12.1. The standard InChI is InChI=1S/C19H20F3N3O3/c20-19(21,22)28-15-7-4-12(5-8-15)6-9-16(26)23-11-14-10-17(27)25-18(24-14)13-2-1-3-13/h4-5,7-8,10,13H,1-3,6,9,11H2,(H,23,26)(H,24,25,27). The quantitative estimate of drug-likeness (QED) is 0.754. The van der Waals surface area contributed by atoms with E-state index in [9.17, 15) is 22.8 Å². The molecule has 0 unspecified atom stereocenters. The first kappa shape index (κ1) is 19.9. The molecule has 1 aromatic heterocycles. The van der Waals surface area contributed by atoms with Crippen molar-refractivity contribution in [1.29, 1.82) is 0 Å². The first-order valence-electron chi connectivity index (χ1n) is 9.00. The van der Waals surface area contributed by atoms with Crippen LogP contribution in [-0.4, -0.2) is 22.2 Å². The van der Waals surface area contributed by atoms with E-state index in [4.69, 9.17) is 0 Å². The number of alkyl halides is 3. The summed E-state index contributed by atoms with van der Waals surface area (Å²) in [4.78, 5) is 30.9. The average molecular weight is 395 g/mol. The van der Waals surface area contributed by atoms with Gasteiger partial charge >= 0.3 is 6.36 Å². The molecule has 0 radical (unpaired) electrons. The van der Waals surface area contributed by atoms with Crippen molar-refractivity contribution in [2.45, 2.75) is 50.9 Å². The summed E-state index contributed by atoms with van der Waals surface area (Å²) >= 11 is 0. The lowest BCUT2D eigenvalue weighted by atomic mass is 9.85. The van der Waals surface area contributed by atoms with E-state index in [0.717, 1.165) is 19.3 Å². The zero-order valence-corrected chi connectivity index (χ0v) is 15.0. The topological polar surface area (TPSA) is 84.1 Å². The summed E-state index contributed by atoms with van der Waals surface area (Å²) in [5, 5.41) is 2.71. The lowest BCUT2D eigenvalue weighted by Gasteiger charge is -2.24. The number of aromatic nitrogens is 2.